The zero-order chi connectivity index (χ0) is 18.9. The molecule has 0 saturated carbocycles. The number of rotatable bonds is 5. The van der Waals surface area contributed by atoms with Gasteiger partial charge in [-0.15, -0.1) is 0 Å². The highest BCUT2D eigenvalue weighted by atomic mass is 32.2. The molecule has 138 valence electrons. The molecule has 2 aromatic rings. The molecule has 1 N–H and O–H groups in total. The fraction of sp³-hybridized carbons (Fsp3) is 0.278. The molecule has 0 bridgehead atoms. The maximum Gasteiger partial charge on any atom is 0.262 e. The van der Waals surface area contributed by atoms with Crippen LogP contribution in [0, 0.1) is 0 Å². The van der Waals surface area contributed by atoms with E-state index < -0.39 is 15.6 Å². The van der Waals surface area contributed by atoms with Crippen LogP contribution >= 0.6 is 0 Å². The Bertz CT molecular complexity index is 952. The van der Waals surface area contributed by atoms with E-state index in [1.54, 1.807) is 44.2 Å². The van der Waals surface area contributed by atoms with E-state index in [0.29, 0.717) is 22.9 Å². The Morgan fingerprint density at radius 2 is 1.85 bits per heavy atom. The number of anilines is 1. The van der Waals surface area contributed by atoms with Gasteiger partial charge in [0.2, 0.25) is 5.79 Å². The Hall–Kier alpha value is -2.74. The van der Waals surface area contributed by atoms with Gasteiger partial charge in [-0.25, -0.2) is 8.42 Å². The summed E-state index contributed by atoms with van der Waals surface area (Å²) in [6.45, 7) is 3.33. The van der Waals surface area contributed by atoms with Gasteiger partial charge >= 0.3 is 0 Å². The fourth-order valence-corrected chi connectivity index (χ4v) is 3.10. The Kier molecular flexibility index (Phi) is 4.53. The summed E-state index contributed by atoms with van der Waals surface area (Å²) in [6, 6.07) is 11.1. The number of amides is 1. The first-order valence-electron chi connectivity index (χ1n) is 7.87. The largest absolute Gasteiger partial charge is 0.484 e. The van der Waals surface area contributed by atoms with Crippen molar-refractivity contribution >= 4 is 21.4 Å². The van der Waals surface area contributed by atoms with Gasteiger partial charge in [-0.05, 0) is 30.3 Å². The molecule has 1 heterocycles. The minimum atomic E-state index is -3.33. The first-order chi connectivity index (χ1) is 12.1. The zero-order valence-corrected chi connectivity index (χ0v) is 15.4. The molecular weight excluding hydrogens is 358 g/mol. The van der Waals surface area contributed by atoms with E-state index in [9.17, 15) is 13.2 Å². The van der Waals surface area contributed by atoms with Gasteiger partial charge in [-0.1, -0.05) is 6.07 Å². The summed E-state index contributed by atoms with van der Waals surface area (Å²) < 4.78 is 39.7. The van der Waals surface area contributed by atoms with E-state index in [4.69, 9.17) is 14.2 Å². The number of ether oxygens (including phenoxy) is 3. The van der Waals surface area contributed by atoms with Crippen molar-refractivity contribution in [3.63, 3.8) is 0 Å². The molecule has 0 aromatic heterocycles. The van der Waals surface area contributed by atoms with E-state index >= 15 is 0 Å². The van der Waals surface area contributed by atoms with Gasteiger partial charge in [0.15, 0.2) is 27.9 Å². The van der Waals surface area contributed by atoms with Crippen LogP contribution in [-0.2, 0) is 14.6 Å². The lowest BCUT2D eigenvalue weighted by atomic mass is 10.3. The molecule has 3 rings (SSSR count). The molecule has 0 radical (unpaired) electrons. The summed E-state index contributed by atoms with van der Waals surface area (Å²) in [4.78, 5) is 12.2. The van der Waals surface area contributed by atoms with Crippen LogP contribution in [0.4, 0.5) is 5.69 Å². The number of benzene rings is 2. The molecule has 7 nitrogen and oxygen atoms in total. The molecule has 8 heteroatoms. The topological polar surface area (TPSA) is 90.9 Å². The predicted molar refractivity (Wildman–Crippen MR) is 95.5 cm³/mol. The van der Waals surface area contributed by atoms with E-state index in [-0.39, 0.29) is 17.4 Å². The van der Waals surface area contributed by atoms with Crippen molar-refractivity contribution in [3.05, 3.63) is 42.5 Å². The van der Waals surface area contributed by atoms with Gasteiger partial charge in [-0.2, -0.15) is 0 Å². The van der Waals surface area contributed by atoms with Crippen molar-refractivity contribution in [1.29, 1.82) is 0 Å². The van der Waals surface area contributed by atoms with Crippen molar-refractivity contribution in [1.82, 2.24) is 0 Å². The Labute approximate surface area is 151 Å². The van der Waals surface area contributed by atoms with Crippen LogP contribution in [0.1, 0.15) is 13.8 Å². The average Bonchev–Trinajstić information content (AvgIpc) is 2.85. The number of sulfone groups is 1. The summed E-state index contributed by atoms with van der Waals surface area (Å²) in [7, 11) is -3.33. The zero-order valence-electron chi connectivity index (χ0n) is 14.6. The normalized spacial score (nSPS) is 14.7. The second-order valence-electron chi connectivity index (χ2n) is 6.35. The van der Waals surface area contributed by atoms with Crippen LogP contribution in [0.15, 0.2) is 47.4 Å². The van der Waals surface area contributed by atoms with Gasteiger partial charge in [0.05, 0.1) is 4.90 Å². The second-order valence-corrected chi connectivity index (χ2v) is 8.37. The Balaban J connectivity index is 1.61. The molecule has 1 aliphatic heterocycles. The lowest BCUT2D eigenvalue weighted by molar-refractivity contribution is -0.118. The number of hydrogen-bond donors (Lipinski definition) is 1. The van der Waals surface area contributed by atoms with E-state index in [2.05, 4.69) is 5.32 Å². The molecule has 0 saturated heterocycles. The van der Waals surface area contributed by atoms with Gasteiger partial charge < -0.3 is 19.5 Å². The van der Waals surface area contributed by atoms with E-state index in [1.165, 1.54) is 12.1 Å². The highest BCUT2D eigenvalue weighted by molar-refractivity contribution is 7.90. The van der Waals surface area contributed by atoms with Crippen molar-refractivity contribution < 1.29 is 27.4 Å². The third-order valence-electron chi connectivity index (χ3n) is 3.54. The van der Waals surface area contributed by atoms with Crippen molar-refractivity contribution in [2.24, 2.45) is 0 Å². The predicted octanol–water partition coefficient (Wildman–Crippen LogP) is 2.61. The monoisotopic (exact) mass is 377 g/mol. The summed E-state index contributed by atoms with van der Waals surface area (Å²) in [5, 5.41) is 2.70. The third-order valence-corrected chi connectivity index (χ3v) is 4.65. The Morgan fingerprint density at radius 3 is 2.58 bits per heavy atom. The lowest BCUT2D eigenvalue weighted by Gasteiger charge is -2.16. The second kappa shape index (κ2) is 6.53. The van der Waals surface area contributed by atoms with Crippen LogP contribution < -0.4 is 19.5 Å². The number of nitrogens with one attached hydrogen (secondary N) is 1. The van der Waals surface area contributed by atoms with Gasteiger partial charge in [0.1, 0.15) is 5.75 Å². The van der Waals surface area contributed by atoms with Crippen molar-refractivity contribution in [3.8, 4) is 17.2 Å². The molecule has 0 aliphatic carbocycles. The maximum atomic E-state index is 12.1. The highest BCUT2D eigenvalue weighted by Gasteiger charge is 2.31. The molecule has 0 fully saturated rings. The van der Waals surface area contributed by atoms with Gasteiger partial charge in [-0.3, -0.25) is 4.79 Å². The van der Waals surface area contributed by atoms with Crippen LogP contribution in [0.3, 0.4) is 0 Å². The van der Waals surface area contributed by atoms with E-state index in [0.717, 1.165) is 6.26 Å². The molecular formula is C18H19NO6S. The number of carbonyl (C=O) groups excluding carboxylic acids is 1. The first kappa shape index (κ1) is 18.1. The SMILES string of the molecule is CC1(C)Oc2ccc(NC(=O)COc3cccc(S(C)(=O)=O)c3)cc2O1. The van der Waals surface area contributed by atoms with Crippen LogP contribution in [-0.4, -0.2) is 33.0 Å². The highest BCUT2D eigenvalue weighted by Crippen LogP contribution is 2.40. The summed E-state index contributed by atoms with van der Waals surface area (Å²) in [5.41, 5.74) is 0.545. The molecule has 1 aliphatic rings. The van der Waals surface area contributed by atoms with E-state index in [1.807, 2.05) is 0 Å². The lowest BCUT2D eigenvalue weighted by Crippen LogP contribution is -2.29. The van der Waals surface area contributed by atoms with Crippen molar-refractivity contribution in [2.75, 3.05) is 18.2 Å². The van der Waals surface area contributed by atoms with Crippen molar-refractivity contribution in [2.45, 2.75) is 24.5 Å². The van der Waals surface area contributed by atoms with Crippen LogP contribution in [0.2, 0.25) is 0 Å². The molecule has 0 atom stereocenters. The fourth-order valence-electron chi connectivity index (χ4n) is 2.44. The van der Waals surface area contributed by atoms with Crippen LogP contribution in [0.5, 0.6) is 17.2 Å². The molecule has 0 spiro atoms. The summed E-state index contributed by atoms with van der Waals surface area (Å²) >= 11 is 0. The Morgan fingerprint density at radius 1 is 1.12 bits per heavy atom. The molecule has 2 aromatic carbocycles. The van der Waals surface area contributed by atoms with Gasteiger partial charge in [0, 0.05) is 31.9 Å². The first-order valence-corrected chi connectivity index (χ1v) is 9.76. The molecule has 26 heavy (non-hydrogen) atoms. The van der Waals surface area contributed by atoms with Crippen LogP contribution in [0.25, 0.3) is 0 Å². The smallest absolute Gasteiger partial charge is 0.262 e. The molecule has 1 amide bonds. The quantitative estimate of drug-likeness (QED) is 0.861. The minimum Gasteiger partial charge on any atom is -0.484 e. The van der Waals surface area contributed by atoms with Gasteiger partial charge in [0.25, 0.3) is 5.91 Å². The summed E-state index contributed by atoms with van der Waals surface area (Å²) in [6.07, 6.45) is 1.11. The average molecular weight is 377 g/mol. The maximum absolute atomic E-state index is 12.1. The third kappa shape index (κ3) is 4.26. The summed E-state index contributed by atoms with van der Waals surface area (Å²) in [5.74, 6) is 0.346. The standard InChI is InChI=1S/C18H19NO6S/c1-18(2)24-15-8-7-12(9-16(15)25-18)19-17(20)11-23-13-5-4-6-14(10-13)26(3,21)22/h4-10H,11H2,1-3H3,(H,19,20). The number of hydrogen-bond acceptors (Lipinski definition) is 6. The molecule has 0 unspecified atom stereocenters. The number of fused-ring (bicyclic) bond motifs is 1. The minimum absolute atomic E-state index is 0.133. The number of carbonyl (C=O) groups is 1.